The molecule has 1 amide bonds. The van der Waals surface area contributed by atoms with E-state index in [1.54, 1.807) is 4.90 Å². The molecule has 1 aliphatic rings. The summed E-state index contributed by atoms with van der Waals surface area (Å²) in [7, 11) is 1.85. The van der Waals surface area contributed by atoms with E-state index >= 15 is 0 Å². The first kappa shape index (κ1) is 16.4. The molecule has 126 valence electrons. The third kappa shape index (κ3) is 2.62. The lowest BCUT2D eigenvalue weighted by molar-refractivity contribution is 0.0572. The number of fused-ring (bicyclic) bond motifs is 1. The van der Waals surface area contributed by atoms with Crippen LogP contribution in [0.2, 0.25) is 0 Å². The van der Waals surface area contributed by atoms with Gasteiger partial charge in [-0.05, 0) is 50.1 Å². The second-order valence-corrected chi connectivity index (χ2v) is 6.44. The number of carbonyl (C=O) groups excluding carboxylic acids is 1. The smallest absolute Gasteiger partial charge is 0.257 e. The van der Waals surface area contributed by atoms with Gasteiger partial charge in [0.2, 0.25) is 0 Å². The molecule has 0 bridgehead atoms. The fourth-order valence-electron chi connectivity index (χ4n) is 3.32. The number of ether oxygens (including phenoxy) is 1. The van der Waals surface area contributed by atoms with Gasteiger partial charge in [-0.1, -0.05) is 31.2 Å². The van der Waals surface area contributed by atoms with Crippen molar-refractivity contribution in [2.24, 2.45) is 0 Å². The molecule has 0 saturated carbocycles. The van der Waals surface area contributed by atoms with E-state index in [-0.39, 0.29) is 12.0 Å². The quantitative estimate of drug-likeness (QED) is 0.915. The van der Waals surface area contributed by atoms with Crippen LogP contribution in [-0.4, -0.2) is 24.0 Å². The molecule has 0 saturated heterocycles. The third-order valence-electron chi connectivity index (χ3n) is 4.59. The molecule has 24 heavy (non-hydrogen) atoms. The minimum Gasteiger partial charge on any atom is -0.491 e. The van der Waals surface area contributed by atoms with E-state index in [4.69, 9.17) is 4.74 Å². The maximum Gasteiger partial charge on any atom is 0.257 e. The molecule has 2 aromatic rings. The van der Waals surface area contributed by atoms with Gasteiger partial charge < -0.3 is 15.0 Å². The summed E-state index contributed by atoms with van der Waals surface area (Å²) in [5, 5.41) is 3.58. The fraction of sp³-hybridized carbons (Fsp3) is 0.350. The van der Waals surface area contributed by atoms with Crippen LogP contribution in [0.25, 0.3) is 0 Å². The molecular weight excluding hydrogens is 300 g/mol. The molecule has 4 heteroatoms. The maximum absolute atomic E-state index is 12.8. The summed E-state index contributed by atoms with van der Waals surface area (Å²) >= 11 is 0. The van der Waals surface area contributed by atoms with Crippen LogP contribution in [0.5, 0.6) is 5.75 Å². The molecular formula is C20H24N2O2. The van der Waals surface area contributed by atoms with E-state index in [0.29, 0.717) is 5.56 Å². The SMILES string of the molecule is CCC1(c2ccc(OC(C)C)cc2)Nc2ccccc2C(=O)N1C. The van der Waals surface area contributed by atoms with Gasteiger partial charge in [0.15, 0.2) is 0 Å². The van der Waals surface area contributed by atoms with Crippen molar-refractivity contribution in [3.05, 3.63) is 59.7 Å². The molecule has 0 aliphatic carbocycles. The van der Waals surface area contributed by atoms with E-state index in [1.807, 2.05) is 69.4 Å². The maximum atomic E-state index is 12.8. The number of hydrogen-bond donors (Lipinski definition) is 1. The molecule has 1 aliphatic heterocycles. The van der Waals surface area contributed by atoms with Crippen molar-refractivity contribution in [3.8, 4) is 5.75 Å². The summed E-state index contributed by atoms with van der Waals surface area (Å²) in [5.41, 5.74) is 2.09. The lowest BCUT2D eigenvalue weighted by atomic mass is 9.90. The van der Waals surface area contributed by atoms with E-state index in [9.17, 15) is 4.79 Å². The summed E-state index contributed by atoms with van der Waals surface area (Å²) in [4.78, 5) is 14.6. The number of carbonyl (C=O) groups is 1. The average molecular weight is 324 g/mol. The standard InChI is InChI=1S/C20H24N2O2/c1-5-20(15-10-12-16(13-11-15)24-14(2)3)21-18-9-7-6-8-17(18)19(23)22(20)4/h6-14,21H,5H2,1-4H3. The number of anilines is 1. The van der Waals surface area contributed by atoms with Gasteiger partial charge in [-0.3, -0.25) is 4.79 Å². The number of hydrogen-bond acceptors (Lipinski definition) is 3. The largest absolute Gasteiger partial charge is 0.491 e. The molecule has 1 atom stereocenters. The molecule has 3 rings (SSSR count). The average Bonchev–Trinajstić information content (AvgIpc) is 2.58. The molecule has 0 aromatic heterocycles. The first-order valence-electron chi connectivity index (χ1n) is 8.40. The van der Waals surface area contributed by atoms with E-state index in [1.165, 1.54) is 0 Å². The van der Waals surface area contributed by atoms with Gasteiger partial charge in [-0.15, -0.1) is 0 Å². The van der Waals surface area contributed by atoms with Gasteiger partial charge in [0.1, 0.15) is 11.4 Å². The lowest BCUT2D eigenvalue weighted by Gasteiger charge is -2.46. The van der Waals surface area contributed by atoms with E-state index in [0.717, 1.165) is 23.4 Å². The minimum absolute atomic E-state index is 0.0358. The molecule has 0 fully saturated rings. The van der Waals surface area contributed by atoms with Crippen molar-refractivity contribution < 1.29 is 9.53 Å². The molecule has 0 spiro atoms. The first-order valence-corrected chi connectivity index (χ1v) is 8.40. The highest BCUT2D eigenvalue weighted by molar-refractivity contribution is 6.02. The van der Waals surface area contributed by atoms with Crippen LogP contribution in [-0.2, 0) is 5.66 Å². The topological polar surface area (TPSA) is 41.6 Å². The molecule has 1 unspecified atom stereocenters. The number of rotatable bonds is 4. The van der Waals surface area contributed by atoms with Crippen LogP contribution in [0.3, 0.4) is 0 Å². The monoisotopic (exact) mass is 324 g/mol. The van der Waals surface area contributed by atoms with E-state index < -0.39 is 5.66 Å². The second kappa shape index (κ2) is 6.19. The van der Waals surface area contributed by atoms with Crippen LogP contribution < -0.4 is 10.1 Å². The molecule has 2 aromatic carbocycles. The predicted octanol–water partition coefficient (Wildman–Crippen LogP) is 4.23. The summed E-state index contributed by atoms with van der Waals surface area (Å²) in [5.74, 6) is 0.874. The summed E-state index contributed by atoms with van der Waals surface area (Å²) in [6.07, 6.45) is 0.897. The Morgan fingerprint density at radius 2 is 1.79 bits per heavy atom. The zero-order valence-electron chi connectivity index (χ0n) is 14.7. The Labute approximate surface area is 143 Å². The predicted molar refractivity (Wildman–Crippen MR) is 96.3 cm³/mol. The summed E-state index contributed by atoms with van der Waals surface area (Å²) in [6.45, 7) is 6.10. The number of benzene rings is 2. The number of para-hydroxylation sites is 1. The molecule has 0 radical (unpaired) electrons. The minimum atomic E-state index is -0.554. The van der Waals surface area contributed by atoms with Crippen molar-refractivity contribution in [1.29, 1.82) is 0 Å². The number of amides is 1. The number of nitrogens with one attached hydrogen (secondary N) is 1. The van der Waals surface area contributed by atoms with Crippen molar-refractivity contribution in [3.63, 3.8) is 0 Å². The van der Waals surface area contributed by atoms with Crippen LogP contribution in [0.4, 0.5) is 5.69 Å². The highest BCUT2D eigenvalue weighted by atomic mass is 16.5. The van der Waals surface area contributed by atoms with Gasteiger partial charge in [0, 0.05) is 12.7 Å². The van der Waals surface area contributed by atoms with Crippen LogP contribution >= 0.6 is 0 Å². The molecule has 1 heterocycles. The number of nitrogens with zero attached hydrogens (tertiary/aromatic N) is 1. The Morgan fingerprint density at radius 3 is 2.42 bits per heavy atom. The Morgan fingerprint density at radius 1 is 1.12 bits per heavy atom. The van der Waals surface area contributed by atoms with Gasteiger partial charge in [0.25, 0.3) is 5.91 Å². The van der Waals surface area contributed by atoms with Gasteiger partial charge in [0.05, 0.1) is 11.7 Å². The Balaban J connectivity index is 2.02. The summed E-state index contributed by atoms with van der Waals surface area (Å²) in [6, 6.07) is 15.7. The van der Waals surface area contributed by atoms with Gasteiger partial charge >= 0.3 is 0 Å². The van der Waals surface area contributed by atoms with Crippen LogP contribution in [0, 0.1) is 0 Å². The zero-order valence-corrected chi connectivity index (χ0v) is 14.7. The Bertz CT molecular complexity index is 740. The zero-order chi connectivity index (χ0) is 17.3. The third-order valence-corrected chi connectivity index (χ3v) is 4.59. The highest BCUT2D eigenvalue weighted by Gasteiger charge is 2.42. The van der Waals surface area contributed by atoms with Crippen LogP contribution in [0.1, 0.15) is 43.1 Å². The summed E-state index contributed by atoms with van der Waals surface area (Å²) < 4.78 is 5.73. The van der Waals surface area contributed by atoms with Crippen molar-refractivity contribution in [2.45, 2.75) is 39.0 Å². The molecule has 4 nitrogen and oxygen atoms in total. The van der Waals surface area contributed by atoms with Gasteiger partial charge in [-0.25, -0.2) is 0 Å². The Hall–Kier alpha value is -2.49. The lowest BCUT2D eigenvalue weighted by Crippen LogP contribution is -2.55. The van der Waals surface area contributed by atoms with Crippen molar-refractivity contribution in [2.75, 3.05) is 12.4 Å². The second-order valence-electron chi connectivity index (χ2n) is 6.44. The Kier molecular flexibility index (Phi) is 4.22. The van der Waals surface area contributed by atoms with Crippen molar-refractivity contribution in [1.82, 2.24) is 4.90 Å². The van der Waals surface area contributed by atoms with Gasteiger partial charge in [-0.2, -0.15) is 0 Å². The fourth-order valence-corrected chi connectivity index (χ4v) is 3.32. The first-order chi connectivity index (χ1) is 11.5. The van der Waals surface area contributed by atoms with Crippen molar-refractivity contribution >= 4 is 11.6 Å². The van der Waals surface area contributed by atoms with Crippen LogP contribution in [0.15, 0.2) is 48.5 Å². The van der Waals surface area contributed by atoms with E-state index in [2.05, 4.69) is 12.2 Å². The molecule has 1 N–H and O–H groups in total. The highest BCUT2D eigenvalue weighted by Crippen LogP contribution is 2.39. The normalized spacial score (nSPS) is 19.9.